The third kappa shape index (κ3) is 5.06. The molecule has 0 aliphatic heterocycles. The number of carbonyl (C=O) groups excluding carboxylic acids is 1. The minimum Gasteiger partial charge on any atom is -0.444 e. The molecule has 1 amide bonds. The van der Waals surface area contributed by atoms with Crippen molar-refractivity contribution in [1.29, 1.82) is 0 Å². The smallest absolute Gasteiger partial charge is 0.408 e. The average molecular weight is 295 g/mol. The first kappa shape index (κ1) is 17.5. The van der Waals surface area contributed by atoms with Gasteiger partial charge in [0, 0.05) is 6.04 Å². The molecule has 0 bridgehead atoms. The highest BCUT2D eigenvalue weighted by molar-refractivity contribution is 5.68. The Labute approximate surface area is 128 Å². The van der Waals surface area contributed by atoms with E-state index in [9.17, 15) is 4.79 Å². The lowest BCUT2D eigenvalue weighted by molar-refractivity contribution is 0.0499. The van der Waals surface area contributed by atoms with E-state index in [1.807, 2.05) is 40.2 Å². The third-order valence-electron chi connectivity index (χ3n) is 3.56. The Morgan fingerprint density at radius 2 is 2.00 bits per heavy atom. The number of alkyl carbamates (subject to hydrolysis) is 1. The van der Waals surface area contributed by atoms with Crippen molar-refractivity contribution >= 4 is 6.09 Å². The molecule has 0 fully saturated rings. The van der Waals surface area contributed by atoms with Crippen molar-refractivity contribution in [3.63, 3.8) is 0 Å². The zero-order valence-corrected chi connectivity index (χ0v) is 14.3. The largest absolute Gasteiger partial charge is 0.444 e. The molecule has 0 radical (unpaired) electrons. The first-order chi connectivity index (χ1) is 9.65. The summed E-state index contributed by atoms with van der Waals surface area (Å²) in [6, 6.07) is 0.237. The van der Waals surface area contributed by atoms with Gasteiger partial charge in [-0.15, -0.1) is 0 Å². The maximum Gasteiger partial charge on any atom is 0.408 e. The predicted molar refractivity (Wildman–Crippen MR) is 84.2 cm³/mol. The van der Waals surface area contributed by atoms with Crippen LogP contribution in [0.25, 0.3) is 0 Å². The van der Waals surface area contributed by atoms with Crippen molar-refractivity contribution in [2.24, 2.45) is 5.92 Å². The Bertz CT molecular complexity index is 460. The van der Waals surface area contributed by atoms with Gasteiger partial charge in [0.25, 0.3) is 0 Å². The van der Waals surface area contributed by atoms with Gasteiger partial charge in [-0.1, -0.05) is 20.8 Å². The maximum absolute atomic E-state index is 12.0. The van der Waals surface area contributed by atoms with E-state index in [0.29, 0.717) is 12.0 Å². The second-order valence-corrected chi connectivity index (χ2v) is 6.82. The number of hydrogen-bond donors (Lipinski definition) is 1. The molecule has 0 aliphatic carbocycles. The molecule has 1 aromatic rings. The van der Waals surface area contributed by atoms with Crippen LogP contribution in [0.2, 0.25) is 0 Å². The van der Waals surface area contributed by atoms with Gasteiger partial charge < -0.3 is 14.6 Å². The van der Waals surface area contributed by atoms with Gasteiger partial charge in [0.1, 0.15) is 5.60 Å². The van der Waals surface area contributed by atoms with Crippen molar-refractivity contribution in [2.75, 3.05) is 0 Å². The Hall–Kier alpha value is -1.52. The summed E-state index contributed by atoms with van der Waals surface area (Å²) in [5.41, 5.74) is 0.526. The summed E-state index contributed by atoms with van der Waals surface area (Å²) in [6.45, 7) is 14.1. The van der Waals surface area contributed by atoms with Crippen LogP contribution < -0.4 is 5.32 Å². The number of carbonyl (C=O) groups is 1. The molecule has 1 aromatic heterocycles. The van der Waals surface area contributed by atoms with Crippen LogP contribution in [0, 0.1) is 5.92 Å². The van der Waals surface area contributed by atoms with E-state index in [2.05, 4.69) is 35.6 Å². The highest BCUT2D eigenvalue weighted by Crippen LogP contribution is 2.24. The molecule has 0 aromatic carbocycles. The molecule has 0 saturated carbocycles. The van der Waals surface area contributed by atoms with Crippen LogP contribution >= 0.6 is 0 Å². The van der Waals surface area contributed by atoms with Gasteiger partial charge in [-0.2, -0.15) is 0 Å². The first-order valence-electron chi connectivity index (χ1n) is 7.67. The number of imidazole rings is 1. The fourth-order valence-electron chi connectivity index (χ4n) is 2.08. The van der Waals surface area contributed by atoms with Crippen LogP contribution in [0.15, 0.2) is 12.5 Å². The molecule has 1 rings (SSSR count). The Kier molecular flexibility index (Phi) is 5.81. The van der Waals surface area contributed by atoms with Gasteiger partial charge in [0.05, 0.1) is 24.3 Å². The topological polar surface area (TPSA) is 56.1 Å². The quantitative estimate of drug-likeness (QED) is 0.890. The molecule has 5 heteroatoms. The van der Waals surface area contributed by atoms with E-state index in [0.717, 1.165) is 12.1 Å². The van der Waals surface area contributed by atoms with Crippen LogP contribution in [0.3, 0.4) is 0 Å². The molecular weight excluding hydrogens is 266 g/mol. The molecule has 2 atom stereocenters. The Morgan fingerprint density at radius 1 is 1.38 bits per heavy atom. The molecule has 120 valence electrons. The number of rotatable bonds is 5. The summed E-state index contributed by atoms with van der Waals surface area (Å²) in [7, 11) is 0. The second-order valence-electron chi connectivity index (χ2n) is 6.82. The lowest BCUT2D eigenvalue weighted by Crippen LogP contribution is -2.35. The highest BCUT2D eigenvalue weighted by atomic mass is 16.6. The van der Waals surface area contributed by atoms with E-state index in [4.69, 9.17) is 4.74 Å². The van der Waals surface area contributed by atoms with E-state index < -0.39 is 5.60 Å². The summed E-state index contributed by atoms with van der Waals surface area (Å²) < 4.78 is 7.47. The molecule has 21 heavy (non-hydrogen) atoms. The number of ether oxygens (including phenoxy) is 1. The summed E-state index contributed by atoms with van der Waals surface area (Å²) in [4.78, 5) is 16.2. The zero-order chi connectivity index (χ0) is 16.2. The van der Waals surface area contributed by atoms with E-state index in [1.165, 1.54) is 0 Å². The summed E-state index contributed by atoms with van der Waals surface area (Å²) in [6.07, 6.45) is 4.05. The number of hydrogen-bond acceptors (Lipinski definition) is 3. The van der Waals surface area contributed by atoms with Gasteiger partial charge in [-0.3, -0.25) is 0 Å². The van der Waals surface area contributed by atoms with Gasteiger partial charge >= 0.3 is 6.09 Å². The molecule has 0 aliphatic rings. The van der Waals surface area contributed by atoms with Crippen molar-refractivity contribution < 1.29 is 9.53 Å². The fraction of sp³-hybridized carbons (Fsp3) is 0.750. The molecule has 5 nitrogen and oxygen atoms in total. The molecule has 1 unspecified atom stereocenters. The lowest BCUT2D eigenvalue weighted by atomic mass is 10.0. The summed E-state index contributed by atoms with van der Waals surface area (Å²) in [5, 5.41) is 2.94. The van der Waals surface area contributed by atoms with Crippen molar-refractivity contribution in [3.05, 3.63) is 18.2 Å². The van der Waals surface area contributed by atoms with Crippen LogP contribution in [0.4, 0.5) is 4.79 Å². The number of nitrogens with zero attached hydrogens (tertiary/aromatic N) is 2. The molecule has 0 saturated heterocycles. The first-order valence-corrected chi connectivity index (χ1v) is 7.67. The van der Waals surface area contributed by atoms with Crippen LogP contribution in [-0.2, 0) is 4.74 Å². The third-order valence-corrected chi connectivity index (χ3v) is 3.56. The minimum atomic E-state index is -0.492. The van der Waals surface area contributed by atoms with Gasteiger partial charge in [0.2, 0.25) is 0 Å². The molecule has 0 spiro atoms. The van der Waals surface area contributed by atoms with Crippen LogP contribution in [-0.4, -0.2) is 21.2 Å². The molecular formula is C16H29N3O2. The zero-order valence-electron chi connectivity index (χ0n) is 14.3. The van der Waals surface area contributed by atoms with Gasteiger partial charge in [-0.05, 0) is 40.0 Å². The minimum absolute atomic E-state index is 0.0939. The SMILES string of the molecule is CC[C@@H](NC(=O)OC(C)(C)C)c1cncn1C(C)C(C)C. The van der Waals surface area contributed by atoms with E-state index >= 15 is 0 Å². The number of aromatic nitrogens is 2. The number of nitrogens with one attached hydrogen (secondary N) is 1. The normalized spacial score (nSPS) is 14.9. The Morgan fingerprint density at radius 3 is 2.48 bits per heavy atom. The van der Waals surface area contributed by atoms with E-state index in [-0.39, 0.29) is 12.1 Å². The van der Waals surface area contributed by atoms with E-state index in [1.54, 1.807) is 0 Å². The van der Waals surface area contributed by atoms with Gasteiger partial charge in [-0.25, -0.2) is 9.78 Å². The lowest BCUT2D eigenvalue weighted by Gasteiger charge is -2.26. The maximum atomic E-state index is 12.0. The summed E-state index contributed by atoms with van der Waals surface area (Å²) >= 11 is 0. The van der Waals surface area contributed by atoms with Gasteiger partial charge in [0.15, 0.2) is 0 Å². The molecule has 1 N–H and O–H groups in total. The standard InChI is InChI=1S/C16H29N3O2/c1-8-13(18-15(20)21-16(5,6)7)14-9-17-10-19(14)12(4)11(2)3/h9-13H,8H2,1-7H3,(H,18,20)/t12?,13-/m1/s1. The van der Waals surface area contributed by atoms with Crippen LogP contribution in [0.5, 0.6) is 0 Å². The fourth-order valence-corrected chi connectivity index (χ4v) is 2.08. The summed E-state index contributed by atoms with van der Waals surface area (Å²) in [5.74, 6) is 0.497. The number of amides is 1. The van der Waals surface area contributed by atoms with Crippen molar-refractivity contribution in [3.8, 4) is 0 Å². The molecule has 1 heterocycles. The average Bonchev–Trinajstić information content (AvgIpc) is 2.81. The van der Waals surface area contributed by atoms with Crippen molar-refractivity contribution in [1.82, 2.24) is 14.9 Å². The predicted octanol–water partition coefficient (Wildman–Crippen LogP) is 4.08. The monoisotopic (exact) mass is 295 g/mol. The highest BCUT2D eigenvalue weighted by Gasteiger charge is 2.23. The van der Waals surface area contributed by atoms with Crippen LogP contribution in [0.1, 0.15) is 72.7 Å². The Balaban J connectivity index is 2.87. The van der Waals surface area contributed by atoms with Crippen molar-refractivity contribution in [2.45, 2.75) is 72.6 Å². The second kappa shape index (κ2) is 6.96.